The Hall–Kier alpha value is -1.51. The van der Waals surface area contributed by atoms with E-state index < -0.39 is 6.10 Å². The van der Waals surface area contributed by atoms with Crippen molar-refractivity contribution >= 4 is 5.97 Å². The molecule has 0 radical (unpaired) electrons. The number of hydrogen-bond acceptors (Lipinski definition) is 3. The molecule has 0 aliphatic carbocycles. The smallest absolute Gasteiger partial charge is 0.347 e. The quantitative estimate of drug-likeness (QED) is 0.751. The Labute approximate surface area is 102 Å². The van der Waals surface area contributed by atoms with Crippen LogP contribution in [0.15, 0.2) is 24.3 Å². The summed E-state index contributed by atoms with van der Waals surface area (Å²) >= 11 is 0. The molecule has 17 heavy (non-hydrogen) atoms. The van der Waals surface area contributed by atoms with Gasteiger partial charge in [0.05, 0.1) is 6.61 Å². The largest absolute Gasteiger partial charge is 0.479 e. The molecular weight excluding hydrogens is 216 g/mol. The standard InChI is InChI=1S/C14H18O3/c1-3-10(2)11-4-6-12(7-5-11)17-13-8-9-16-14(13)15/h4-7,10,13H,3,8-9H2,1-2H3. The highest BCUT2D eigenvalue weighted by Gasteiger charge is 2.28. The molecule has 1 aromatic rings. The van der Waals surface area contributed by atoms with Gasteiger partial charge in [0.2, 0.25) is 0 Å². The molecule has 2 rings (SSSR count). The summed E-state index contributed by atoms with van der Waals surface area (Å²) in [5, 5.41) is 0. The molecule has 1 aliphatic heterocycles. The summed E-state index contributed by atoms with van der Waals surface area (Å²) in [7, 11) is 0. The lowest BCUT2D eigenvalue weighted by molar-refractivity contribution is -0.143. The van der Waals surface area contributed by atoms with Crippen molar-refractivity contribution in [2.45, 2.75) is 38.7 Å². The first-order chi connectivity index (χ1) is 8.20. The lowest BCUT2D eigenvalue weighted by atomic mass is 9.99. The molecule has 3 nitrogen and oxygen atoms in total. The number of benzene rings is 1. The van der Waals surface area contributed by atoms with E-state index in [4.69, 9.17) is 9.47 Å². The fourth-order valence-electron chi connectivity index (χ4n) is 1.86. The predicted molar refractivity (Wildman–Crippen MR) is 65.1 cm³/mol. The van der Waals surface area contributed by atoms with Gasteiger partial charge in [-0.25, -0.2) is 4.79 Å². The van der Waals surface area contributed by atoms with Crippen molar-refractivity contribution in [3.05, 3.63) is 29.8 Å². The summed E-state index contributed by atoms with van der Waals surface area (Å²) in [5.74, 6) is 1.04. The fourth-order valence-corrected chi connectivity index (χ4v) is 1.86. The molecule has 0 aromatic heterocycles. The van der Waals surface area contributed by atoms with Crippen molar-refractivity contribution in [1.82, 2.24) is 0 Å². The summed E-state index contributed by atoms with van der Waals surface area (Å²) in [6, 6.07) is 7.97. The first-order valence-corrected chi connectivity index (χ1v) is 6.14. The minimum absolute atomic E-state index is 0.254. The molecule has 2 atom stereocenters. The zero-order chi connectivity index (χ0) is 12.3. The van der Waals surface area contributed by atoms with Crippen LogP contribution in [0, 0.1) is 0 Å². The molecule has 0 bridgehead atoms. The number of ether oxygens (including phenoxy) is 2. The summed E-state index contributed by atoms with van der Waals surface area (Å²) < 4.78 is 10.4. The van der Waals surface area contributed by atoms with Gasteiger partial charge in [-0.3, -0.25) is 0 Å². The normalized spacial score (nSPS) is 21.1. The van der Waals surface area contributed by atoms with Crippen LogP contribution in [0.5, 0.6) is 5.75 Å². The van der Waals surface area contributed by atoms with E-state index in [9.17, 15) is 4.79 Å². The van der Waals surface area contributed by atoms with Crippen LogP contribution in [0.1, 0.15) is 38.2 Å². The van der Waals surface area contributed by atoms with Gasteiger partial charge in [0, 0.05) is 6.42 Å². The molecule has 0 spiro atoms. The monoisotopic (exact) mass is 234 g/mol. The average Bonchev–Trinajstić information content (AvgIpc) is 2.75. The van der Waals surface area contributed by atoms with Gasteiger partial charge in [-0.2, -0.15) is 0 Å². The highest BCUT2D eigenvalue weighted by Crippen LogP contribution is 2.23. The molecular formula is C14H18O3. The number of carbonyl (C=O) groups excluding carboxylic acids is 1. The topological polar surface area (TPSA) is 35.5 Å². The summed E-state index contributed by atoms with van der Waals surface area (Å²) in [6.07, 6.45) is 1.34. The van der Waals surface area contributed by atoms with E-state index in [0.717, 1.165) is 12.2 Å². The van der Waals surface area contributed by atoms with Crippen molar-refractivity contribution in [3.63, 3.8) is 0 Å². The van der Waals surface area contributed by atoms with Crippen LogP contribution in [0.3, 0.4) is 0 Å². The maximum atomic E-state index is 11.3. The van der Waals surface area contributed by atoms with Crippen molar-refractivity contribution in [2.75, 3.05) is 6.61 Å². The van der Waals surface area contributed by atoms with Gasteiger partial charge in [-0.1, -0.05) is 26.0 Å². The third kappa shape index (κ3) is 2.78. The van der Waals surface area contributed by atoms with E-state index in [1.54, 1.807) is 0 Å². The molecule has 0 amide bonds. The molecule has 0 saturated carbocycles. The maximum absolute atomic E-state index is 11.3. The third-order valence-corrected chi connectivity index (χ3v) is 3.23. The van der Waals surface area contributed by atoms with Gasteiger partial charge in [0.15, 0.2) is 6.10 Å². The maximum Gasteiger partial charge on any atom is 0.347 e. The first-order valence-electron chi connectivity index (χ1n) is 6.14. The number of cyclic esters (lactones) is 1. The van der Waals surface area contributed by atoms with Gasteiger partial charge in [0.1, 0.15) is 5.75 Å². The molecule has 92 valence electrons. The minimum atomic E-state index is -0.426. The van der Waals surface area contributed by atoms with E-state index >= 15 is 0 Å². The Morgan fingerprint density at radius 2 is 2.12 bits per heavy atom. The van der Waals surface area contributed by atoms with Crippen molar-refractivity contribution in [1.29, 1.82) is 0 Å². The molecule has 0 N–H and O–H groups in total. The molecule has 1 heterocycles. The second-order valence-electron chi connectivity index (χ2n) is 4.44. The number of carbonyl (C=O) groups is 1. The van der Waals surface area contributed by atoms with E-state index in [0.29, 0.717) is 18.9 Å². The van der Waals surface area contributed by atoms with Gasteiger partial charge in [0.25, 0.3) is 0 Å². The Kier molecular flexibility index (Phi) is 3.67. The van der Waals surface area contributed by atoms with E-state index in [1.807, 2.05) is 12.1 Å². The molecule has 2 unspecified atom stereocenters. The Balaban J connectivity index is 2.00. The van der Waals surface area contributed by atoms with Crippen LogP contribution in [-0.4, -0.2) is 18.7 Å². The van der Waals surface area contributed by atoms with Crippen LogP contribution >= 0.6 is 0 Å². The van der Waals surface area contributed by atoms with Crippen LogP contribution in [0.4, 0.5) is 0 Å². The van der Waals surface area contributed by atoms with Crippen molar-refractivity contribution < 1.29 is 14.3 Å². The Morgan fingerprint density at radius 3 is 2.65 bits per heavy atom. The molecule has 1 aromatic carbocycles. The highest BCUT2D eigenvalue weighted by molar-refractivity contribution is 5.76. The first kappa shape index (κ1) is 12.0. The van der Waals surface area contributed by atoms with E-state index in [2.05, 4.69) is 26.0 Å². The zero-order valence-electron chi connectivity index (χ0n) is 10.3. The van der Waals surface area contributed by atoms with Crippen molar-refractivity contribution in [3.8, 4) is 5.75 Å². The summed E-state index contributed by atoms with van der Waals surface area (Å²) in [5.41, 5.74) is 1.30. The third-order valence-electron chi connectivity index (χ3n) is 3.23. The van der Waals surface area contributed by atoms with Gasteiger partial charge >= 0.3 is 5.97 Å². The molecule has 1 aliphatic rings. The van der Waals surface area contributed by atoms with Crippen LogP contribution in [0.25, 0.3) is 0 Å². The predicted octanol–water partition coefficient (Wildman–Crippen LogP) is 2.89. The molecule has 1 fully saturated rings. The SMILES string of the molecule is CCC(C)c1ccc(OC2CCOC2=O)cc1. The Morgan fingerprint density at radius 1 is 1.41 bits per heavy atom. The zero-order valence-corrected chi connectivity index (χ0v) is 10.3. The Bertz CT molecular complexity index is 383. The number of rotatable bonds is 4. The van der Waals surface area contributed by atoms with Gasteiger partial charge in [-0.05, 0) is 30.0 Å². The van der Waals surface area contributed by atoms with E-state index in [1.165, 1.54) is 5.56 Å². The highest BCUT2D eigenvalue weighted by atomic mass is 16.6. The summed E-state index contributed by atoms with van der Waals surface area (Å²) in [6.45, 7) is 4.84. The second kappa shape index (κ2) is 5.21. The lowest BCUT2D eigenvalue weighted by Crippen LogP contribution is -2.21. The van der Waals surface area contributed by atoms with Crippen LogP contribution in [0.2, 0.25) is 0 Å². The van der Waals surface area contributed by atoms with Gasteiger partial charge < -0.3 is 9.47 Å². The fraction of sp³-hybridized carbons (Fsp3) is 0.500. The summed E-state index contributed by atoms with van der Waals surface area (Å²) in [4.78, 5) is 11.3. The van der Waals surface area contributed by atoms with Gasteiger partial charge in [-0.15, -0.1) is 0 Å². The number of hydrogen-bond donors (Lipinski definition) is 0. The van der Waals surface area contributed by atoms with Crippen LogP contribution < -0.4 is 4.74 Å². The molecule has 1 saturated heterocycles. The average molecular weight is 234 g/mol. The lowest BCUT2D eigenvalue weighted by Gasteiger charge is -2.12. The number of esters is 1. The second-order valence-corrected chi connectivity index (χ2v) is 4.44. The van der Waals surface area contributed by atoms with Crippen LogP contribution in [-0.2, 0) is 9.53 Å². The molecule has 3 heteroatoms. The van der Waals surface area contributed by atoms with E-state index in [-0.39, 0.29) is 5.97 Å². The van der Waals surface area contributed by atoms with Crippen molar-refractivity contribution in [2.24, 2.45) is 0 Å². The minimum Gasteiger partial charge on any atom is -0.479 e.